The van der Waals surface area contributed by atoms with E-state index < -0.39 is 4.92 Å². The minimum Gasteiger partial charge on any atom is -0.354 e. The standard InChI is InChI=1S/C27H28Cl2N4O3/c28-22-9-5-20(6-10-22)16-31-23-15-26(32(18-23)17-21-3-1-2-4-25(21)29)27(34)30-14-13-19-7-11-24(12-8-19)33(35)36/h1-12,23,26,31H,13-18H2,(H,30,34)/t23-,26-/m0/s1. The molecular weight excluding hydrogens is 499 g/mol. The van der Waals surface area contributed by atoms with Crippen molar-refractivity contribution in [2.75, 3.05) is 13.1 Å². The lowest BCUT2D eigenvalue weighted by molar-refractivity contribution is -0.384. The zero-order valence-corrected chi connectivity index (χ0v) is 21.2. The lowest BCUT2D eigenvalue weighted by atomic mass is 10.1. The Bertz CT molecular complexity index is 1190. The highest BCUT2D eigenvalue weighted by molar-refractivity contribution is 6.31. The Hall–Kier alpha value is -2.97. The summed E-state index contributed by atoms with van der Waals surface area (Å²) >= 11 is 12.4. The van der Waals surface area contributed by atoms with E-state index in [1.54, 1.807) is 12.1 Å². The largest absolute Gasteiger partial charge is 0.354 e. The number of likely N-dealkylation sites (tertiary alicyclic amines) is 1. The fourth-order valence-electron chi connectivity index (χ4n) is 4.44. The van der Waals surface area contributed by atoms with Crippen LogP contribution in [0.4, 0.5) is 5.69 Å². The van der Waals surface area contributed by atoms with Gasteiger partial charge in [-0.3, -0.25) is 19.8 Å². The monoisotopic (exact) mass is 526 g/mol. The predicted octanol–water partition coefficient (Wildman–Crippen LogP) is 4.99. The predicted molar refractivity (Wildman–Crippen MR) is 142 cm³/mol. The molecular formula is C27H28Cl2N4O3. The number of benzene rings is 3. The van der Waals surface area contributed by atoms with Crippen molar-refractivity contribution in [2.45, 2.75) is 38.0 Å². The van der Waals surface area contributed by atoms with Gasteiger partial charge in [0, 0.05) is 54.4 Å². The molecule has 0 aliphatic carbocycles. The zero-order chi connectivity index (χ0) is 25.5. The smallest absolute Gasteiger partial charge is 0.269 e. The maximum atomic E-state index is 13.2. The van der Waals surface area contributed by atoms with E-state index in [1.165, 1.54) is 12.1 Å². The van der Waals surface area contributed by atoms with E-state index in [0.29, 0.717) is 42.5 Å². The Morgan fingerprint density at radius 1 is 1.00 bits per heavy atom. The van der Waals surface area contributed by atoms with Crippen molar-refractivity contribution in [1.82, 2.24) is 15.5 Å². The first kappa shape index (κ1) is 26.1. The highest BCUT2D eigenvalue weighted by Crippen LogP contribution is 2.25. The average Bonchev–Trinajstić information content (AvgIpc) is 3.28. The van der Waals surface area contributed by atoms with E-state index >= 15 is 0 Å². The normalized spacial score (nSPS) is 17.7. The van der Waals surface area contributed by atoms with Gasteiger partial charge in [0.15, 0.2) is 0 Å². The first-order valence-corrected chi connectivity index (χ1v) is 12.6. The number of nitro groups is 1. The number of non-ortho nitro benzene ring substituents is 1. The third-order valence-electron chi connectivity index (χ3n) is 6.41. The molecule has 0 radical (unpaired) electrons. The van der Waals surface area contributed by atoms with E-state index in [4.69, 9.17) is 23.2 Å². The van der Waals surface area contributed by atoms with Crippen molar-refractivity contribution in [2.24, 2.45) is 0 Å². The molecule has 188 valence electrons. The molecule has 2 N–H and O–H groups in total. The van der Waals surface area contributed by atoms with Gasteiger partial charge in [-0.25, -0.2) is 0 Å². The lowest BCUT2D eigenvalue weighted by Crippen LogP contribution is -2.43. The van der Waals surface area contributed by atoms with E-state index in [-0.39, 0.29) is 23.7 Å². The van der Waals surface area contributed by atoms with Crippen LogP contribution in [0.5, 0.6) is 0 Å². The molecule has 3 aromatic rings. The van der Waals surface area contributed by atoms with Crippen molar-refractivity contribution in [1.29, 1.82) is 0 Å². The number of nitrogens with one attached hydrogen (secondary N) is 2. The molecule has 1 fully saturated rings. The molecule has 2 atom stereocenters. The van der Waals surface area contributed by atoms with E-state index in [1.807, 2.05) is 48.5 Å². The van der Waals surface area contributed by atoms with Gasteiger partial charge in [0.05, 0.1) is 11.0 Å². The third-order valence-corrected chi connectivity index (χ3v) is 7.03. The van der Waals surface area contributed by atoms with Gasteiger partial charge in [-0.2, -0.15) is 0 Å². The van der Waals surface area contributed by atoms with Crippen LogP contribution in [0.2, 0.25) is 10.0 Å². The van der Waals surface area contributed by atoms with E-state index in [0.717, 1.165) is 23.2 Å². The number of rotatable bonds is 10. The van der Waals surface area contributed by atoms with Crippen molar-refractivity contribution >= 4 is 34.8 Å². The fourth-order valence-corrected chi connectivity index (χ4v) is 4.76. The maximum Gasteiger partial charge on any atom is 0.269 e. The molecule has 1 aliphatic rings. The second-order valence-electron chi connectivity index (χ2n) is 8.94. The first-order valence-electron chi connectivity index (χ1n) is 11.9. The topological polar surface area (TPSA) is 87.5 Å². The van der Waals surface area contributed by atoms with Gasteiger partial charge < -0.3 is 10.6 Å². The number of nitrogens with zero attached hydrogens (tertiary/aromatic N) is 2. The molecule has 36 heavy (non-hydrogen) atoms. The Kier molecular flexibility index (Phi) is 8.93. The lowest BCUT2D eigenvalue weighted by Gasteiger charge is -2.24. The second kappa shape index (κ2) is 12.3. The second-order valence-corrected chi connectivity index (χ2v) is 9.78. The van der Waals surface area contributed by atoms with Gasteiger partial charge in [-0.05, 0) is 47.7 Å². The summed E-state index contributed by atoms with van der Waals surface area (Å²) in [6, 6.07) is 21.7. The van der Waals surface area contributed by atoms with Gasteiger partial charge in [0.25, 0.3) is 5.69 Å². The van der Waals surface area contributed by atoms with Gasteiger partial charge in [0.1, 0.15) is 0 Å². The summed E-state index contributed by atoms with van der Waals surface area (Å²) in [6.45, 7) is 2.45. The van der Waals surface area contributed by atoms with Crippen LogP contribution in [0.25, 0.3) is 0 Å². The molecule has 9 heteroatoms. The summed E-state index contributed by atoms with van der Waals surface area (Å²) in [5.74, 6) is -0.0280. The molecule has 0 saturated carbocycles. The van der Waals surface area contributed by atoms with Crippen LogP contribution in [-0.4, -0.2) is 40.9 Å². The number of carbonyl (C=O) groups is 1. The number of amides is 1. The van der Waals surface area contributed by atoms with Crippen LogP contribution in [0, 0.1) is 10.1 Å². The number of carbonyl (C=O) groups excluding carboxylic acids is 1. The van der Waals surface area contributed by atoms with Crippen molar-refractivity contribution in [3.05, 3.63) is 110 Å². The molecule has 0 bridgehead atoms. The fraction of sp³-hybridized carbons (Fsp3) is 0.296. The molecule has 4 rings (SSSR count). The molecule has 3 aromatic carbocycles. The summed E-state index contributed by atoms with van der Waals surface area (Å²) < 4.78 is 0. The minimum atomic E-state index is -0.420. The first-order chi connectivity index (χ1) is 17.4. The number of hydrogen-bond acceptors (Lipinski definition) is 5. The molecule has 0 unspecified atom stereocenters. The molecule has 1 amide bonds. The molecule has 1 aliphatic heterocycles. The highest BCUT2D eigenvalue weighted by Gasteiger charge is 2.36. The average molecular weight is 527 g/mol. The molecule has 7 nitrogen and oxygen atoms in total. The van der Waals surface area contributed by atoms with Crippen molar-refractivity contribution in [3.63, 3.8) is 0 Å². The minimum absolute atomic E-state index is 0.0280. The number of nitro benzene ring substituents is 1. The van der Waals surface area contributed by atoms with Crippen LogP contribution in [-0.2, 0) is 24.3 Å². The van der Waals surface area contributed by atoms with Gasteiger partial charge in [-0.15, -0.1) is 0 Å². The summed E-state index contributed by atoms with van der Waals surface area (Å²) in [4.78, 5) is 25.8. The van der Waals surface area contributed by atoms with Crippen LogP contribution < -0.4 is 10.6 Å². The quantitative estimate of drug-likeness (QED) is 0.287. The van der Waals surface area contributed by atoms with Crippen LogP contribution in [0.3, 0.4) is 0 Å². The van der Waals surface area contributed by atoms with Gasteiger partial charge in [0.2, 0.25) is 5.91 Å². The molecule has 0 aromatic heterocycles. The highest BCUT2D eigenvalue weighted by atomic mass is 35.5. The van der Waals surface area contributed by atoms with Crippen molar-refractivity contribution in [3.8, 4) is 0 Å². The summed E-state index contributed by atoms with van der Waals surface area (Å²) in [5, 5.41) is 18.9. The number of halogens is 2. The van der Waals surface area contributed by atoms with E-state index in [2.05, 4.69) is 15.5 Å². The number of hydrogen-bond donors (Lipinski definition) is 2. The zero-order valence-electron chi connectivity index (χ0n) is 19.7. The van der Waals surface area contributed by atoms with Crippen LogP contribution in [0.1, 0.15) is 23.1 Å². The van der Waals surface area contributed by atoms with Crippen molar-refractivity contribution < 1.29 is 9.72 Å². The molecule has 1 heterocycles. The third kappa shape index (κ3) is 7.04. The Morgan fingerprint density at radius 3 is 2.39 bits per heavy atom. The SMILES string of the molecule is O=C(NCCc1ccc([N+](=O)[O-])cc1)[C@@H]1C[C@H](NCc2ccc(Cl)cc2)CN1Cc1ccccc1Cl. The van der Waals surface area contributed by atoms with Crippen LogP contribution >= 0.6 is 23.2 Å². The summed E-state index contributed by atoms with van der Waals surface area (Å²) in [7, 11) is 0. The Labute approximate surface area is 220 Å². The molecule has 1 saturated heterocycles. The van der Waals surface area contributed by atoms with Crippen LogP contribution in [0.15, 0.2) is 72.8 Å². The van der Waals surface area contributed by atoms with Gasteiger partial charge in [-0.1, -0.05) is 65.7 Å². The Morgan fingerprint density at radius 2 is 1.69 bits per heavy atom. The molecule has 0 spiro atoms. The Balaban J connectivity index is 1.37. The van der Waals surface area contributed by atoms with E-state index in [9.17, 15) is 14.9 Å². The summed E-state index contributed by atoms with van der Waals surface area (Å²) in [6.07, 6.45) is 1.28. The van der Waals surface area contributed by atoms with Gasteiger partial charge >= 0.3 is 0 Å². The summed E-state index contributed by atoms with van der Waals surface area (Å²) in [5.41, 5.74) is 3.11. The maximum absolute atomic E-state index is 13.2.